The number of methoxy groups -OCH3 is 1. The first-order chi connectivity index (χ1) is 16.0. The number of likely N-dealkylation sites (tertiary alicyclic amines) is 1. The molecular weight excluding hydrogens is 414 g/mol. The molecule has 1 aromatic carbocycles. The van der Waals surface area contributed by atoms with Gasteiger partial charge in [0, 0.05) is 0 Å². The maximum atomic E-state index is 13.2. The Balaban J connectivity index is 1.47. The number of nitrogens with one attached hydrogen (secondary N) is 1. The second-order valence-electron chi connectivity index (χ2n) is 9.92. The standard InChI is InChI=1S/C26H35N5O2/c1-17-23-24(31(29-17)20-7-5-4-6-8-20)26(32)28-25(27-23)21-10-9-19(16-22(21)33-3)15-18-11-13-30(2)14-12-18/h9-10,16,18,20H,4-8,11-15H2,1-3H3,(H,27,28,32). The Morgan fingerprint density at radius 1 is 1.12 bits per heavy atom. The van der Waals surface area contributed by atoms with Crippen LogP contribution in [0, 0.1) is 12.8 Å². The van der Waals surface area contributed by atoms with E-state index in [2.05, 4.69) is 29.1 Å². The molecule has 1 N–H and O–H groups in total. The smallest absolute Gasteiger partial charge is 0.277 e. The third-order valence-electron chi connectivity index (χ3n) is 7.53. The highest BCUT2D eigenvalue weighted by Gasteiger charge is 2.23. The van der Waals surface area contributed by atoms with Gasteiger partial charge in [0.1, 0.15) is 17.1 Å². The van der Waals surface area contributed by atoms with Crippen molar-refractivity contribution in [2.24, 2.45) is 5.92 Å². The third-order valence-corrected chi connectivity index (χ3v) is 7.53. The number of piperidine rings is 1. The lowest BCUT2D eigenvalue weighted by Gasteiger charge is -2.29. The number of nitrogens with zero attached hydrogens (tertiary/aromatic N) is 4. The van der Waals surface area contributed by atoms with E-state index in [0.29, 0.717) is 22.8 Å². The summed E-state index contributed by atoms with van der Waals surface area (Å²) >= 11 is 0. The van der Waals surface area contributed by atoms with E-state index in [9.17, 15) is 4.79 Å². The van der Waals surface area contributed by atoms with Gasteiger partial charge in [-0.3, -0.25) is 9.48 Å². The van der Waals surface area contributed by atoms with E-state index in [0.717, 1.165) is 36.3 Å². The molecule has 1 saturated heterocycles. The Labute approximate surface area is 195 Å². The van der Waals surface area contributed by atoms with Gasteiger partial charge in [0.25, 0.3) is 5.56 Å². The molecule has 3 aromatic rings. The summed E-state index contributed by atoms with van der Waals surface area (Å²) in [6, 6.07) is 6.58. The summed E-state index contributed by atoms with van der Waals surface area (Å²) in [6.07, 6.45) is 9.31. The van der Waals surface area contributed by atoms with E-state index in [4.69, 9.17) is 14.8 Å². The average Bonchev–Trinajstić information content (AvgIpc) is 3.18. The number of aryl methyl sites for hydroxylation is 1. The van der Waals surface area contributed by atoms with Crippen LogP contribution in [-0.4, -0.2) is 51.9 Å². The van der Waals surface area contributed by atoms with Crippen molar-refractivity contribution in [1.82, 2.24) is 24.6 Å². The van der Waals surface area contributed by atoms with Crippen LogP contribution in [0.25, 0.3) is 22.4 Å². The van der Waals surface area contributed by atoms with Gasteiger partial charge in [-0.05, 0) is 82.8 Å². The van der Waals surface area contributed by atoms with E-state index in [1.807, 2.05) is 17.7 Å². The fourth-order valence-corrected chi connectivity index (χ4v) is 5.57. The molecule has 2 fully saturated rings. The number of hydrogen-bond donors (Lipinski definition) is 1. The minimum Gasteiger partial charge on any atom is -0.496 e. The van der Waals surface area contributed by atoms with E-state index in [-0.39, 0.29) is 11.6 Å². The predicted molar refractivity (Wildman–Crippen MR) is 131 cm³/mol. The number of benzene rings is 1. The Morgan fingerprint density at radius 2 is 1.88 bits per heavy atom. The van der Waals surface area contributed by atoms with E-state index < -0.39 is 0 Å². The molecule has 1 aliphatic heterocycles. The molecule has 0 amide bonds. The van der Waals surface area contributed by atoms with Crippen LogP contribution >= 0.6 is 0 Å². The third kappa shape index (κ3) is 4.43. The quantitative estimate of drug-likeness (QED) is 0.621. The SMILES string of the molecule is COc1cc(CC2CCN(C)CC2)ccc1-c1nc2c(C)nn(C3CCCCC3)c2c(=O)[nH]1. The molecule has 7 heteroatoms. The lowest BCUT2D eigenvalue weighted by molar-refractivity contribution is 0.219. The number of H-pyrrole nitrogens is 1. The highest BCUT2D eigenvalue weighted by atomic mass is 16.5. The van der Waals surface area contributed by atoms with Crippen LogP contribution in [0.15, 0.2) is 23.0 Å². The summed E-state index contributed by atoms with van der Waals surface area (Å²) in [7, 11) is 3.88. The van der Waals surface area contributed by atoms with Gasteiger partial charge >= 0.3 is 0 Å². The molecule has 5 rings (SSSR count). The minimum atomic E-state index is -0.126. The molecular formula is C26H35N5O2. The monoisotopic (exact) mass is 449 g/mol. The van der Waals surface area contributed by atoms with Crippen LogP contribution in [0.5, 0.6) is 5.75 Å². The predicted octanol–water partition coefficient (Wildman–Crippen LogP) is 4.49. The van der Waals surface area contributed by atoms with Crippen molar-refractivity contribution < 1.29 is 4.74 Å². The van der Waals surface area contributed by atoms with Gasteiger partial charge in [0.2, 0.25) is 0 Å². The lowest BCUT2D eigenvalue weighted by Crippen LogP contribution is -2.30. The van der Waals surface area contributed by atoms with Crippen LogP contribution < -0.4 is 10.3 Å². The summed E-state index contributed by atoms with van der Waals surface area (Å²) < 4.78 is 7.67. The summed E-state index contributed by atoms with van der Waals surface area (Å²) in [4.78, 5) is 23.5. The van der Waals surface area contributed by atoms with Gasteiger partial charge in [-0.2, -0.15) is 5.10 Å². The molecule has 0 spiro atoms. The molecule has 2 aliphatic rings. The number of ether oxygens (including phenoxy) is 1. The maximum absolute atomic E-state index is 13.2. The molecule has 0 unspecified atom stereocenters. The van der Waals surface area contributed by atoms with E-state index >= 15 is 0 Å². The molecule has 0 atom stereocenters. The Bertz CT molecular complexity index is 1180. The van der Waals surface area contributed by atoms with Crippen molar-refractivity contribution in [2.75, 3.05) is 27.2 Å². The molecule has 3 heterocycles. The van der Waals surface area contributed by atoms with Crippen LogP contribution in [-0.2, 0) is 6.42 Å². The molecule has 1 saturated carbocycles. The second-order valence-corrected chi connectivity index (χ2v) is 9.92. The highest BCUT2D eigenvalue weighted by molar-refractivity contribution is 5.79. The lowest BCUT2D eigenvalue weighted by atomic mass is 9.90. The average molecular weight is 450 g/mol. The van der Waals surface area contributed by atoms with Crippen molar-refractivity contribution in [2.45, 2.75) is 64.3 Å². The van der Waals surface area contributed by atoms with Crippen molar-refractivity contribution in [3.8, 4) is 17.1 Å². The second kappa shape index (κ2) is 9.29. The molecule has 176 valence electrons. The van der Waals surface area contributed by atoms with Crippen molar-refractivity contribution in [3.63, 3.8) is 0 Å². The molecule has 7 nitrogen and oxygen atoms in total. The molecule has 0 radical (unpaired) electrons. The topological polar surface area (TPSA) is 76.0 Å². The van der Waals surface area contributed by atoms with Gasteiger partial charge in [-0.1, -0.05) is 25.3 Å². The zero-order chi connectivity index (χ0) is 22.9. The summed E-state index contributed by atoms with van der Waals surface area (Å²) in [5, 5.41) is 4.74. The van der Waals surface area contributed by atoms with Crippen molar-refractivity contribution >= 4 is 11.0 Å². The maximum Gasteiger partial charge on any atom is 0.277 e. The molecule has 1 aliphatic carbocycles. The Hall–Kier alpha value is -2.67. The van der Waals surface area contributed by atoms with Crippen LogP contribution in [0.3, 0.4) is 0 Å². The fourth-order valence-electron chi connectivity index (χ4n) is 5.57. The highest BCUT2D eigenvalue weighted by Crippen LogP contribution is 2.33. The fraction of sp³-hybridized carbons (Fsp3) is 0.577. The first-order valence-corrected chi connectivity index (χ1v) is 12.4. The number of aromatic nitrogens is 4. The van der Waals surface area contributed by atoms with Crippen LogP contribution in [0.2, 0.25) is 0 Å². The Kier molecular flexibility index (Phi) is 6.23. The summed E-state index contributed by atoms with van der Waals surface area (Å²) in [5.74, 6) is 2.00. The van der Waals surface area contributed by atoms with Crippen molar-refractivity contribution in [3.05, 3.63) is 39.8 Å². The largest absolute Gasteiger partial charge is 0.496 e. The number of rotatable bonds is 5. The van der Waals surface area contributed by atoms with Gasteiger partial charge in [0.15, 0.2) is 5.52 Å². The summed E-state index contributed by atoms with van der Waals surface area (Å²) in [6.45, 7) is 4.28. The number of aromatic amines is 1. The molecule has 0 bridgehead atoms. The normalized spacial score (nSPS) is 18.8. The zero-order valence-electron chi connectivity index (χ0n) is 20.1. The van der Waals surface area contributed by atoms with E-state index in [1.54, 1.807) is 7.11 Å². The molecule has 2 aromatic heterocycles. The van der Waals surface area contributed by atoms with Gasteiger partial charge < -0.3 is 14.6 Å². The zero-order valence-corrected chi connectivity index (χ0v) is 20.1. The van der Waals surface area contributed by atoms with Gasteiger partial charge in [-0.15, -0.1) is 0 Å². The number of hydrogen-bond acceptors (Lipinski definition) is 5. The first-order valence-electron chi connectivity index (χ1n) is 12.4. The van der Waals surface area contributed by atoms with Gasteiger partial charge in [-0.25, -0.2) is 4.98 Å². The summed E-state index contributed by atoms with van der Waals surface area (Å²) in [5.41, 5.74) is 4.06. The van der Waals surface area contributed by atoms with Crippen LogP contribution in [0.1, 0.15) is 62.2 Å². The Morgan fingerprint density at radius 3 is 2.61 bits per heavy atom. The van der Waals surface area contributed by atoms with Crippen molar-refractivity contribution in [1.29, 1.82) is 0 Å². The molecule has 33 heavy (non-hydrogen) atoms. The minimum absolute atomic E-state index is 0.126. The van der Waals surface area contributed by atoms with E-state index in [1.165, 1.54) is 50.8 Å². The van der Waals surface area contributed by atoms with Gasteiger partial charge in [0.05, 0.1) is 24.4 Å². The van der Waals surface area contributed by atoms with Crippen LogP contribution in [0.4, 0.5) is 0 Å². The first kappa shape index (κ1) is 22.1. The number of fused-ring (bicyclic) bond motifs is 1.